The monoisotopic (exact) mass is 801 g/mol. The maximum atomic E-state index is 2.56. The van der Waals surface area contributed by atoms with Gasteiger partial charge in [-0.2, -0.15) is 0 Å². The molecule has 62 heavy (non-hydrogen) atoms. The first-order chi connectivity index (χ1) is 30.8. The molecule has 14 rings (SSSR count). The predicted molar refractivity (Wildman–Crippen MR) is 269 cm³/mol. The van der Waals surface area contributed by atoms with Gasteiger partial charge < -0.3 is 4.40 Å². The van der Waals surface area contributed by atoms with Crippen LogP contribution in [-0.4, -0.2) is 4.40 Å². The first kappa shape index (κ1) is 34.0. The summed E-state index contributed by atoms with van der Waals surface area (Å²) in [5.41, 5.74) is 11.1. The molecule has 11 aromatic carbocycles. The number of fused-ring (bicyclic) bond motifs is 11. The Hall–Kier alpha value is -7.78. The maximum absolute atomic E-state index is 2.56. The average Bonchev–Trinajstić information content (AvgIpc) is 3.89. The van der Waals surface area contributed by atoms with Gasteiger partial charge in [0.05, 0.1) is 16.6 Å². The molecule has 14 aromatic rings. The molecule has 0 aliphatic carbocycles. The van der Waals surface area contributed by atoms with Gasteiger partial charge >= 0.3 is 0 Å². The Morgan fingerprint density at radius 3 is 1.56 bits per heavy atom. The van der Waals surface area contributed by atoms with Crippen molar-refractivity contribution in [3.8, 4) is 33.4 Å². The van der Waals surface area contributed by atoms with Gasteiger partial charge in [0.25, 0.3) is 0 Å². The first-order valence-corrected chi connectivity index (χ1v) is 22.2. The van der Waals surface area contributed by atoms with Crippen molar-refractivity contribution in [2.75, 3.05) is 0 Å². The summed E-state index contributed by atoms with van der Waals surface area (Å²) in [6.07, 6.45) is 0. The predicted octanol–water partition coefficient (Wildman–Crippen LogP) is 17.4. The molecule has 0 aliphatic heterocycles. The third-order valence-electron chi connectivity index (χ3n) is 13.5. The van der Waals surface area contributed by atoms with Crippen molar-refractivity contribution in [1.29, 1.82) is 0 Å². The summed E-state index contributed by atoms with van der Waals surface area (Å²) in [6.45, 7) is 0. The summed E-state index contributed by atoms with van der Waals surface area (Å²) < 4.78 is 5.20. The second-order valence-corrected chi connectivity index (χ2v) is 17.8. The number of benzene rings is 11. The van der Waals surface area contributed by atoms with E-state index in [1.165, 1.54) is 135 Å². The SMILES string of the molecule is c1cc(-c2ccc3c(c2)c2ccc4sc5cccc6c7ccccc7c7ccccc7n3c2c4c56)cc(-c2c3ccccc3c(-c3ccc4ccccc4c3)c3ccccc23)c1. The Bertz CT molecular complexity index is 4150. The van der Waals surface area contributed by atoms with E-state index in [9.17, 15) is 0 Å². The molecule has 0 saturated heterocycles. The van der Waals surface area contributed by atoms with Crippen LogP contribution in [0.15, 0.2) is 212 Å². The highest BCUT2D eigenvalue weighted by Gasteiger charge is 2.21. The highest BCUT2D eigenvalue weighted by Crippen LogP contribution is 2.48. The second kappa shape index (κ2) is 12.9. The number of hydrogen-bond acceptors (Lipinski definition) is 1. The van der Waals surface area contributed by atoms with Crippen molar-refractivity contribution in [2.45, 2.75) is 0 Å². The van der Waals surface area contributed by atoms with Crippen LogP contribution >= 0.6 is 11.3 Å². The molecule has 3 heterocycles. The largest absolute Gasteiger partial charge is 0.308 e. The fourth-order valence-corrected chi connectivity index (χ4v) is 12.0. The van der Waals surface area contributed by atoms with E-state index in [-0.39, 0.29) is 0 Å². The van der Waals surface area contributed by atoms with E-state index in [0.29, 0.717) is 0 Å². The molecule has 0 atom stereocenters. The lowest BCUT2D eigenvalue weighted by Gasteiger charge is -2.18. The van der Waals surface area contributed by atoms with Gasteiger partial charge in [0.1, 0.15) is 0 Å². The van der Waals surface area contributed by atoms with Crippen molar-refractivity contribution < 1.29 is 0 Å². The maximum Gasteiger partial charge on any atom is 0.0634 e. The van der Waals surface area contributed by atoms with Crippen LogP contribution in [-0.2, 0) is 0 Å². The normalized spacial score (nSPS) is 12.2. The van der Waals surface area contributed by atoms with Gasteiger partial charge in [-0.3, -0.25) is 0 Å². The quantitative estimate of drug-likeness (QED) is 0.157. The number of thiophene rings is 1. The van der Waals surface area contributed by atoms with Gasteiger partial charge in [0.2, 0.25) is 0 Å². The highest BCUT2D eigenvalue weighted by atomic mass is 32.1. The van der Waals surface area contributed by atoms with Crippen LogP contribution in [0.5, 0.6) is 0 Å². The number of nitrogens with zero attached hydrogens (tertiary/aromatic N) is 1. The average molecular weight is 802 g/mol. The van der Waals surface area contributed by atoms with E-state index in [2.05, 4.69) is 217 Å². The smallest absolute Gasteiger partial charge is 0.0634 e. The lowest BCUT2D eigenvalue weighted by molar-refractivity contribution is 1.36. The lowest BCUT2D eigenvalue weighted by Crippen LogP contribution is -1.91. The van der Waals surface area contributed by atoms with Gasteiger partial charge in [-0.05, 0) is 124 Å². The molecular formula is C60H35NS. The Balaban J connectivity index is 1.03. The summed E-state index contributed by atoms with van der Waals surface area (Å²) in [5, 5.41) is 17.9. The van der Waals surface area contributed by atoms with Crippen LogP contribution in [0.1, 0.15) is 0 Å². The van der Waals surface area contributed by atoms with Crippen LogP contribution in [0.25, 0.3) is 135 Å². The summed E-state index contributed by atoms with van der Waals surface area (Å²) in [7, 11) is 0. The molecule has 0 amide bonds. The lowest BCUT2D eigenvalue weighted by atomic mass is 9.85. The van der Waals surface area contributed by atoms with Crippen molar-refractivity contribution in [3.63, 3.8) is 0 Å². The van der Waals surface area contributed by atoms with Crippen LogP contribution in [0.2, 0.25) is 0 Å². The van der Waals surface area contributed by atoms with E-state index in [1.54, 1.807) is 0 Å². The third kappa shape index (κ3) is 4.73. The fourth-order valence-electron chi connectivity index (χ4n) is 10.9. The first-order valence-electron chi connectivity index (χ1n) is 21.4. The van der Waals surface area contributed by atoms with E-state index in [4.69, 9.17) is 0 Å². The van der Waals surface area contributed by atoms with Crippen LogP contribution < -0.4 is 0 Å². The minimum Gasteiger partial charge on any atom is -0.308 e. The number of aromatic nitrogens is 1. The topological polar surface area (TPSA) is 4.41 Å². The molecule has 0 N–H and O–H groups in total. The number of rotatable bonds is 3. The summed E-state index contributed by atoms with van der Waals surface area (Å²) in [6, 6.07) is 79.4. The molecular weight excluding hydrogens is 767 g/mol. The van der Waals surface area contributed by atoms with Gasteiger partial charge in [-0.1, -0.05) is 170 Å². The second-order valence-electron chi connectivity index (χ2n) is 16.7. The molecule has 0 aliphatic rings. The van der Waals surface area contributed by atoms with Crippen LogP contribution in [0.3, 0.4) is 0 Å². The fraction of sp³-hybridized carbons (Fsp3) is 0. The molecule has 3 aromatic heterocycles. The van der Waals surface area contributed by atoms with E-state index in [0.717, 1.165) is 0 Å². The number of para-hydroxylation sites is 1. The molecule has 0 saturated carbocycles. The van der Waals surface area contributed by atoms with E-state index >= 15 is 0 Å². The Morgan fingerprint density at radius 2 is 0.806 bits per heavy atom. The van der Waals surface area contributed by atoms with Crippen LogP contribution in [0.4, 0.5) is 0 Å². The van der Waals surface area contributed by atoms with E-state index < -0.39 is 0 Å². The molecule has 2 heteroatoms. The molecule has 0 spiro atoms. The molecule has 1 nitrogen and oxygen atoms in total. The highest BCUT2D eigenvalue weighted by molar-refractivity contribution is 7.26. The van der Waals surface area contributed by atoms with Gasteiger partial charge in [0, 0.05) is 36.3 Å². The summed E-state index contributed by atoms with van der Waals surface area (Å²) in [4.78, 5) is 0. The minimum absolute atomic E-state index is 1.21. The van der Waals surface area contributed by atoms with Gasteiger partial charge in [0.15, 0.2) is 0 Å². The van der Waals surface area contributed by atoms with Crippen molar-refractivity contribution >= 4 is 113 Å². The standard InChI is InChI=1S/C60H35NS/c1-2-14-37-33-41(28-27-36(37)13-1)57-48-22-7-5-20-46(48)56(47-21-6-8-23-49(47)57)40-16-11-15-38(34-40)39-29-31-53-51(35-39)50-30-32-55-59-58-45(24-12-26-54(58)62-55)43-18-4-3-17-42(43)44-19-9-10-25-52(44)61(53)60(50)59/h1-35H. The molecule has 0 fully saturated rings. The minimum atomic E-state index is 1.21. The zero-order chi connectivity index (χ0) is 40.5. The van der Waals surface area contributed by atoms with Crippen LogP contribution in [0, 0.1) is 0 Å². The molecule has 0 radical (unpaired) electrons. The summed E-state index contributed by atoms with van der Waals surface area (Å²) >= 11 is 1.90. The summed E-state index contributed by atoms with van der Waals surface area (Å²) in [5.74, 6) is 0. The molecule has 0 unspecified atom stereocenters. The Morgan fingerprint density at radius 1 is 0.274 bits per heavy atom. The Kier molecular flexibility index (Phi) is 7.05. The zero-order valence-corrected chi connectivity index (χ0v) is 34.4. The van der Waals surface area contributed by atoms with Crippen molar-refractivity contribution in [2.24, 2.45) is 0 Å². The number of hydrogen-bond donors (Lipinski definition) is 0. The van der Waals surface area contributed by atoms with E-state index in [1.807, 2.05) is 11.3 Å². The van der Waals surface area contributed by atoms with Gasteiger partial charge in [-0.15, -0.1) is 11.3 Å². The third-order valence-corrected chi connectivity index (χ3v) is 14.6. The van der Waals surface area contributed by atoms with Crippen molar-refractivity contribution in [3.05, 3.63) is 212 Å². The zero-order valence-electron chi connectivity index (χ0n) is 33.6. The molecule has 286 valence electrons. The van der Waals surface area contributed by atoms with Gasteiger partial charge in [-0.25, -0.2) is 0 Å². The Labute approximate surface area is 360 Å². The molecule has 0 bridgehead atoms. The van der Waals surface area contributed by atoms with Crippen molar-refractivity contribution in [1.82, 2.24) is 4.40 Å².